The minimum atomic E-state index is -4.21. The number of fused-ring (bicyclic) bond motifs is 1. The van der Waals surface area contributed by atoms with Crippen molar-refractivity contribution in [3.8, 4) is 0 Å². The maximum absolute atomic E-state index is 14.6. The molecule has 1 saturated heterocycles. The van der Waals surface area contributed by atoms with Crippen LogP contribution in [0, 0.1) is 17.8 Å². The third kappa shape index (κ3) is 24.1. The molecule has 0 saturated carbocycles. The van der Waals surface area contributed by atoms with Gasteiger partial charge in [0.1, 0.15) is 46.8 Å². The smallest absolute Gasteiger partial charge is 0.246 e. The number of amides is 9. The summed E-state index contributed by atoms with van der Waals surface area (Å²) < 4.78 is 30.4. The number of hydrogen-bond acceptors (Lipinski definition) is 13. The highest BCUT2D eigenvalue weighted by Crippen LogP contribution is 2.34. The fraction of sp³-hybridized carbons (Fsp3) is 0.708. The average Bonchev–Trinajstić information content (AvgIpc) is 1.77. The van der Waals surface area contributed by atoms with Crippen LogP contribution in [0.3, 0.4) is 0 Å². The van der Waals surface area contributed by atoms with E-state index >= 15 is 0 Å². The van der Waals surface area contributed by atoms with Crippen LogP contribution in [-0.2, 0) is 53.2 Å². The predicted molar refractivity (Wildman–Crippen MR) is 350 cm³/mol. The molecule has 0 radical (unpaired) electrons. The number of carbonyl (C=O) groups is 9. The molecule has 23 nitrogen and oxygen atoms in total. The van der Waals surface area contributed by atoms with Gasteiger partial charge in [-0.25, -0.2) is 8.42 Å². The molecule has 0 spiro atoms. The summed E-state index contributed by atoms with van der Waals surface area (Å²) in [6, 6.07) is 4.64. The molecule has 1 aliphatic heterocycles. The Morgan fingerprint density at radius 2 is 1.07 bits per heavy atom. The summed E-state index contributed by atoms with van der Waals surface area (Å²) in [6.07, 6.45) is 6.68. The van der Waals surface area contributed by atoms with Gasteiger partial charge in [0.05, 0.1) is 4.90 Å². The van der Waals surface area contributed by atoms with E-state index in [0.29, 0.717) is 24.8 Å². The molecule has 2 aromatic carbocycles. The third-order valence-corrected chi connectivity index (χ3v) is 17.6. The van der Waals surface area contributed by atoms with Gasteiger partial charge in [-0.2, -0.15) is 4.31 Å². The van der Waals surface area contributed by atoms with Crippen molar-refractivity contribution < 1.29 is 51.6 Å². The van der Waals surface area contributed by atoms with Crippen LogP contribution in [0.15, 0.2) is 41.3 Å². The van der Waals surface area contributed by atoms with Crippen molar-refractivity contribution in [3.05, 3.63) is 36.4 Å². The monoisotopic (exact) mass is 1270 g/mol. The lowest BCUT2D eigenvalue weighted by molar-refractivity contribution is -0.139. The molecule has 24 heteroatoms. The molecule has 1 aliphatic rings. The summed E-state index contributed by atoms with van der Waals surface area (Å²) in [5.41, 5.74) is -3.90. The van der Waals surface area contributed by atoms with Crippen molar-refractivity contribution in [3.63, 3.8) is 0 Å². The summed E-state index contributed by atoms with van der Waals surface area (Å²) in [5.74, 6) is -5.98. The first kappa shape index (κ1) is 76.8. The Labute approximate surface area is 531 Å². The number of rotatable bonds is 37. The van der Waals surface area contributed by atoms with Crippen molar-refractivity contribution in [2.75, 3.05) is 52.7 Å². The van der Waals surface area contributed by atoms with Crippen LogP contribution in [0.4, 0.5) is 5.69 Å². The van der Waals surface area contributed by atoms with Gasteiger partial charge in [0, 0.05) is 62.7 Å². The van der Waals surface area contributed by atoms with E-state index in [0.717, 1.165) is 43.2 Å². The molecule has 1 fully saturated rings. The molecular weight excluding hydrogens is 1160 g/mol. The highest BCUT2D eigenvalue weighted by molar-refractivity contribution is 7.89. The molecule has 1 heterocycles. The third-order valence-electron chi connectivity index (χ3n) is 15.6. The molecule has 9 amide bonds. The molecule has 9 N–H and O–H groups in total. The van der Waals surface area contributed by atoms with Crippen LogP contribution < -0.4 is 52.8 Å². The second kappa shape index (κ2) is 34.7. The Hall–Kier alpha value is -6.40. The van der Waals surface area contributed by atoms with Gasteiger partial charge < -0.3 is 57.7 Å². The first-order valence-corrected chi connectivity index (χ1v) is 33.4. The second-order valence-corrected chi connectivity index (χ2v) is 29.4. The SMILES string of the molecule is CCCCCCCC[C@H](NC(=O)[C@@H]1CCCN1S(=O)(=O)c1cccc2c(N(C)C)cccc12)C(=O)N[C@@H](CC(C)C)C(=O)NC(C)(C)C(=O)N[C@@H](CC(C)C)C(=O)N[C@@H](CC(C)C)C(=O)NC(C)(C)C(=O)NC(C)(C)C(=O)NCCC(=O)N[C@@H](C)CN(C)C. The Balaban J connectivity index is 1.79. The van der Waals surface area contributed by atoms with Crippen molar-refractivity contribution in [1.29, 1.82) is 0 Å². The zero-order valence-corrected chi connectivity index (χ0v) is 57.5. The van der Waals surface area contributed by atoms with E-state index in [-0.39, 0.29) is 86.2 Å². The molecule has 89 heavy (non-hydrogen) atoms. The van der Waals surface area contributed by atoms with Gasteiger partial charge in [-0.1, -0.05) is 111 Å². The van der Waals surface area contributed by atoms with Crippen LogP contribution >= 0.6 is 0 Å². The van der Waals surface area contributed by atoms with E-state index in [9.17, 15) is 51.6 Å². The van der Waals surface area contributed by atoms with Crippen LogP contribution in [0.25, 0.3) is 10.8 Å². The summed E-state index contributed by atoms with van der Waals surface area (Å²) in [7, 11) is 3.33. The highest BCUT2D eigenvalue weighted by Gasteiger charge is 2.43. The highest BCUT2D eigenvalue weighted by atomic mass is 32.2. The zero-order chi connectivity index (χ0) is 67.4. The lowest BCUT2D eigenvalue weighted by Gasteiger charge is -2.34. The molecule has 2 aromatic rings. The molecule has 0 unspecified atom stereocenters. The van der Waals surface area contributed by atoms with Crippen molar-refractivity contribution in [2.45, 2.75) is 238 Å². The minimum Gasteiger partial charge on any atom is -0.377 e. The van der Waals surface area contributed by atoms with Crippen molar-refractivity contribution in [1.82, 2.24) is 57.1 Å². The lowest BCUT2D eigenvalue weighted by atomic mass is 9.96. The molecule has 3 rings (SSSR count). The van der Waals surface area contributed by atoms with Gasteiger partial charge in [-0.05, 0) is 131 Å². The van der Waals surface area contributed by atoms with Crippen LogP contribution in [0.2, 0.25) is 0 Å². The van der Waals surface area contributed by atoms with Gasteiger partial charge in [-0.15, -0.1) is 0 Å². The number of nitrogens with zero attached hydrogens (tertiary/aromatic N) is 3. The topological polar surface area (TPSA) is 306 Å². The van der Waals surface area contributed by atoms with Gasteiger partial charge in [0.2, 0.25) is 63.2 Å². The van der Waals surface area contributed by atoms with Crippen molar-refractivity contribution >= 4 is 79.6 Å². The van der Waals surface area contributed by atoms with Gasteiger partial charge in [0.25, 0.3) is 0 Å². The number of hydrogen-bond donors (Lipinski definition) is 9. The Morgan fingerprint density at radius 3 is 1.61 bits per heavy atom. The standard InChI is InChI=1S/C65H110N12O11S/c1-19-20-21-22-23-24-30-47(68-59(83)52-32-27-36-77(52)89(87,88)53-33-26-28-45-46(53)29-25-31-51(45)76(17)18)55(79)69-49(38-42(4)5)57(81)72-64(11,12)61(85)71-48(37-41(2)3)56(80)70-50(39-43(6)7)58(82)73-65(13,14)62(86)74-63(9,10)60(84)66-35-34-54(78)67-44(8)40-75(15)16/h25-26,28-29,31,33,41-44,47-50,52H,19-24,27,30,32,34-40H2,1-18H3,(H,66,84)(H,67,78)(H,68,83)(H,69,79)(H,70,80)(H,71,85)(H,72,81)(H,73,82)(H,74,86)/t44-,47-,48-,49-,50-,52-/m0/s1. The van der Waals surface area contributed by atoms with E-state index in [2.05, 4.69) is 54.8 Å². The average molecular weight is 1270 g/mol. The molecule has 0 aromatic heterocycles. The number of sulfonamides is 1. The molecule has 0 bridgehead atoms. The summed E-state index contributed by atoms with van der Waals surface area (Å²) in [5, 5.41) is 26.4. The quantitative estimate of drug-likeness (QED) is 0.0396. The fourth-order valence-corrected chi connectivity index (χ4v) is 12.7. The number of unbranched alkanes of at least 4 members (excludes halogenated alkanes) is 5. The first-order chi connectivity index (χ1) is 41.3. The molecule has 502 valence electrons. The number of nitrogens with one attached hydrogen (secondary N) is 9. The summed E-state index contributed by atoms with van der Waals surface area (Å²) >= 11 is 0. The van der Waals surface area contributed by atoms with E-state index < -0.39 is 104 Å². The second-order valence-electron chi connectivity index (χ2n) is 27.5. The molecular formula is C65H110N12O11S. The van der Waals surface area contributed by atoms with Crippen molar-refractivity contribution in [2.24, 2.45) is 17.8 Å². The van der Waals surface area contributed by atoms with E-state index in [1.165, 1.54) is 45.8 Å². The zero-order valence-electron chi connectivity index (χ0n) is 56.7. The van der Waals surface area contributed by atoms with E-state index in [4.69, 9.17) is 0 Å². The predicted octanol–water partition coefficient (Wildman–Crippen LogP) is 5.14. The van der Waals surface area contributed by atoms with Crippen LogP contribution in [0.5, 0.6) is 0 Å². The van der Waals surface area contributed by atoms with E-state index in [1.807, 2.05) is 98.6 Å². The van der Waals surface area contributed by atoms with E-state index in [1.54, 1.807) is 24.3 Å². The van der Waals surface area contributed by atoms with Gasteiger partial charge >= 0.3 is 0 Å². The van der Waals surface area contributed by atoms with Crippen LogP contribution in [-0.4, -0.2) is 171 Å². The number of likely N-dealkylation sites (N-methyl/N-ethyl adjacent to an activating group) is 1. The Kier molecular flexibility index (Phi) is 30.0. The number of carbonyl (C=O) groups excluding carboxylic acids is 9. The lowest BCUT2D eigenvalue weighted by Crippen LogP contribution is -2.65. The van der Waals surface area contributed by atoms with Crippen LogP contribution in [0.1, 0.15) is 180 Å². The Bertz CT molecular complexity index is 2860. The maximum Gasteiger partial charge on any atom is 0.246 e. The van der Waals surface area contributed by atoms with Gasteiger partial charge in [-0.3, -0.25) is 43.2 Å². The minimum absolute atomic E-state index is 0.0212. The first-order valence-electron chi connectivity index (χ1n) is 32.0. The maximum atomic E-state index is 14.6. The summed E-state index contributed by atoms with van der Waals surface area (Å²) in [6.45, 7) is 24.7. The Morgan fingerprint density at radius 1 is 0.573 bits per heavy atom. The largest absolute Gasteiger partial charge is 0.377 e. The number of benzene rings is 2. The fourth-order valence-electron chi connectivity index (χ4n) is 10.8. The van der Waals surface area contributed by atoms with Gasteiger partial charge in [0.15, 0.2) is 0 Å². The molecule has 0 aliphatic carbocycles. The molecule has 6 atom stereocenters. The number of anilines is 1. The summed E-state index contributed by atoms with van der Waals surface area (Å²) in [4.78, 5) is 130. The normalized spacial score (nSPS) is 15.8.